The van der Waals surface area contributed by atoms with Gasteiger partial charge in [0.05, 0.1) is 23.5 Å². The van der Waals surface area contributed by atoms with E-state index >= 15 is 0 Å². The number of halogens is 2. The lowest BCUT2D eigenvalue weighted by molar-refractivity contribution is 0.209. The minimum Gasteiger partial charge on any atom is -0.493 e. The molecule has 34 heavy (non-hydrogen) atoms. The molecule has 0 spiro atoms. The van der Waals surface area contributed by atoms with E-state index in [1.165, 1.54) is 48.8 Å². The zero-order chi connectivity index (χ0) is 23.3. The van der Waals surface area contributed by atoms with Crippen molar-refractivity contribution in [2.24, 2.45) is 5.92 Å². The van der Waals surface area contributed by atoms with E-state index in [1.807, 2.05) is 18.3 Å². The Kier molecular flexibility index (Phi) is 7.22. The summed E-state index contributed by atoms with van der Waals surface area (Å²) in [6.45, 7) is 0.840. The number of nitrogens with zero attached hydrogens (tertiary/aromatic N) is 1. The van der Waals surface area contributed by atoms with Crippen LogP contribution >= 0.6 is 23.2 Å². The summed E-state index contributed by atoms with van der Waals surface area (Å²) in [5, 5.41) is 1.23. The SMILES string of the molecule is Clc1ccc(-c2cnc(Cc3ccc(-c4ccc(OCC5CCCCC5)cc4)cc3)[nH]2)c(Cl)c1. The number of H-pyrrole nitrogens is 1. The lowest BCUT2D eigenvalue weighted by atomic mass is 9.90. The number of ether oxygens (including phenoxy) is 1. The predicted molar refractivity (Wildman–Crippen MR) is 141 cm³/mol. The topological polar surface area (TPSA) is 37.9 Å². The molecule has 0 atom stereocenters. The van der Waals surface area contributed by atoms with Gasteiger partial charge in [-0.25, -0.2) is 4.98 Å². The summed E-state index contributed by atoms with van der Waals surface area (Å²) in [5.41, 5.74) is 5.36. The number of rotatable bonds is 7. The summed E-state index contributed by atoms with van der Waals surface area (Å²) >= 11 is 12.3. The molecule has 0 aliphatic heterocycles. The van der Waals surface area contributed by atoms with Crippen LogP contribution in [0.5, 0.6) is 5.75 Å². The molecule has 3 nitrogen and oxygen atoms in total. The Labute approximate surface area is 211 Å². The van der Waals surface area contributed by atoms with Crippen LogP contribution in [0.25, 0.3) is 22.4 Å². The number of imidazole rings is 1. The zero-order valence-electron chi connectivity index (χ0n) is 19.1. The second-order valence-electron chi connectivity index (χ2n) is 9.08. The van der Waals surface area contributed by atoms with Crippen LogP contribution in [-0.4, -0.2) is 16.6 Å². The fraction of sp³-hybridized carbons (Fsp3) is 0.276. The van der Waals surface area contributed by atoms with E-state index in [9.17, 15) is 0 Å². The minimum atomic E-state index is 0.609. The van der Waals surface area contributed by atoms with Gasteiger partial charge in [0.1, 0.15) is 11.6 Å². The van der Waals surface area contributed by atoms with E-state index in [-0.39, 0.29) is 0 Å². The fourth-order valence-electron chi connectivity index (χ4n) is 4.62. The molecule has 1 fully saturated rings. The zero-order valence-corrected chi connectivity index (χ0v) is 20.6. The van der Waals surface area contributed by atoms with E-state index in [1.54, 1.807) is 6.07 Å². The molecule has 1 saturated carbocycles. The first kappa shape index (κ1) is 23.0. The number of hydrogen-bond acceptors (Lipinski definition) is 2. The van der Waals surface area contributed by atoms with E-state index in [4.69, 9.17) is 27.9 Å². The lowest BCUT2D eigenvalue weighted by Gasteiger charge is -2.21. The van der Waals surface area contributed by atoms with Gasteiger partial charge in [0.2, 0.25) is 0 Å². The van der Waals surface area contributed by atoms with Crippen LogP contribution in [0.3, 0.4) is 0 Å². The van der Waals surface area contributed by atoms with Crippen LogP contribution in [0.2, 0.25) is 10.0 Å². The van der Waals surface area contributed by atoms with Crippen LogP contribution in [0.4, 0.5) is 0 Å². The Hall–Kier alpha value is -2.75. The van der Waals surface area contributed by atoms with E-state index in [0.29, 0.717) is 10.0 Å². The summed E-state index contributed by atoms with van der Waals surface area (Å²) in [4.78, 5) is 7.91. The highest BCUT2D eigenvalue weighted by Gasteiger charge is 2.14. The van der Waals surface area contributed by atoms with Gasteiger partial charge in [-0.3, -0.25) is 0 Å². The normalized spacial score (nSPS) is 14.3. The van der Waals surface area contributed by atoms with Crippen molar-refractivity contribution >= 4 is 23.2 Å². The molecule has 1 heterocycles. The van der Waals surface area contributed by atoms with Crippen molar-refractivity contribution < 1.29 is 4.74 Å². The molecule has 174 valence electrons. The number of hydrogen-bond donors (Lipinski definition) is 1. The Balaban J connectivity index is 1.20. The van der Waals surface area contributed by atoms with Gasteiger partial charge < -0.3 is 9.72 Å². The van der Waals surface area contributed by atoms with Gasteiger partial charge in [0.25, 0.3) is 0 Å². The van der Waals surface area contributed by atoms with Gasteiger partial charge in [-0.2, -0.15) is 0 Å². The fourth-order valence-corrected chi connectivity index (χ4v) is 5.13. The number of nitrogens with one attached hydrogen (secondary N) is 1. The van der Waals surface area contributed by atoms with Crippen LogP contribution in [-0.2, 0) is 6.42 Å². The average molecular weight is 491 g/mol. The largest absolute Gasteiger partial charge is 0.493 e. The molecule has 4 aromatic rings. The third-order valence-electron chi connectivity index (χ3n) is 6.57. The summed E-state index contributed by atoms with van der Waals surface area (Å²) in [6.07, 6.45) is 9.22. The molecule has 1 aliphatic carbocycles. The molecule has 0 saturated heterocycles. The minimum absolute atomic E-state index is 0.609. The van der Waals surface area contributed by atoms with Crippen molar-refractivity contribution in [1.82, 2.24) is 9.97 Å². The molecule has 5 rings (SSSR count). The number of benzene rings is 3. The molecule has 1 aromatic heterocycles. The molecular formula is C29H28Cl2N2O. The van der Waals surface area contributed by atoms with Crippen molar-refractivity contribution in [2.75, 3.05) is 6.61 Å². The van der Waals surface area contributed by atoms with Crippen molar-refractivity contribution in [1.29, 1.82) is 0 Å². The molecule has 0 radical (unpaired) electrons. The molecule has 0 unspecified atom stereocenters. The van der Waals surface area contributed by atoms with Gasteiger partial charge >= 0.3 is 0 Å². The van der Waals surface area contributed by atoms with E-state index < -0.39 is 0 Å². The molecule has 5 heteroatoms. The average Bonchev–Trinajstić information content (AvgIpc) is 3.32. The first-order chi connectivity index (χ1) is 16.6. The summed E-state index contributed by atoms with van der Waals surface area (Å²) in [7, 11) is 0. The van der Waals surface area contributed by atoms with Crippen molar-refractivity contribution in [2.45, 2.75) is 38.5 Å². The molecular weight excluding hydrogens is 463 g/mol. The van der Waals surface area contributed by atoms with Crippen molar-refractivity contribution in [3.63, 3.8) is 0 Å². The standard InChI is InChI=1S/C29H28Cl2N2O/c30-24-12-15-26(27(31)17-24)28-18-32-29(33-28)16-20-6-8-22(9-7-20)23-10-13-25(14-11-23)34-19-21-4-2-1-3-5-21/h6-15,17-18,21H,1-5,16,19H2,(H,32,33). The third-order valence-corrected chi connectivity index (χ3v) is 7.12. The van der Waals surface area contributed by atoms with Crippen LogP contribution in [0.1, 0.15) is 43.5 Å². The van der Waals surface area contributed by atoms with Gasteiger partial charge in [-0.15, -0.1) is 0 Å². The maximum Gasteiger partial charge on any atom is 0.119 e. The summed E-state index contributed by atoms with van der Waals surface area (Å²) in [5.74, 6) is 2.57. The Morgan fingerprint density at radius 3 is 2.26 bits per heavy atom. The highest BCUT2D eigenvalue weighted by Crippen LogP contribution is 2.30. The maximum absolute atomic E-state index is 6.33. The predicted octanol–water partition coefficient (Wildman–Crippen LogP) is 8.60. The van der Waals surface area contributed by atoms with Crippen LogP contribution in [0, 0.1) is 5.92 Å². The Morgan fingerprint density at radius 2 is 1.56 bits per heavy atom. The first-order valence-corrected chi connectivity index (χ1v) is 12.7. The Morgan fingerprint density at radius 1 is 0.853 bits per heavy atom. The second-order valence-corrected chi connectivity index (χ2v) is 9.92. The van der Waals surface area contributed by atoms with Crippen LogP contribution in [0.15, 0.2) is 72.9 Å². The Bertz CT molecular complexity index is 1230. The quantitative estimate of drug-likeness (QED) is 0.281. The molecule has 1 N–H and O–H groups in total. The highest BCUT2D eigenvalue weighted by molar-refractivity contribution is 6.36. The molecule has 0 amide bonds. The van der Waals surface area contributed by atoms with E-state index in [2.05, 4.69) is 58.5 Å². The number of aromatic nitrogens is 2. The van der Waals surface area contributed by atoms with E-state index in [0.717, 1.165) is 41.8 Å². The highest BCUT2D eigenvalue weighted by atomic mass is 35.5. The first-order valence-electron chi connectivity index (χ1n) is 12.0. The molecule has 3 aromatic carbocycles. The number of aromatic amines is 1. The van der Waals surface area contributed by atoms with Gasteiger partial charge in [-0.1, -0.05) is 78.9 Å². The summed E-state index contributed by atoms with van der Waals surface area (Å²) in [6, 6.07) is 22.5. The van der Waals surface area contributed by atoms with Gasteiger partial charge in [0.15, 0.2) is 0 Å². The van der Waals surface area contributed by atoms with Crippen molar-refractivity contribution in [3.8, 4) is 28.1 Å². The lowest BCUT2D eigenvalue weighted by Crippen LogP contribution is -2.15. The molecule has 1 aliphatic rings. The van der Waals surface area contributed by atoms with Crippen molar-refractivity contribution in [3.05, 3.63) is 94.4 Å². The monoisotopic (exact) mass is 490 g/mol. The molecule has 0 bridgehead atoms. The second kappa shape index (κ2) is 10.7. The smallest absolute Gasteiger partial charge is 0.119 e. The third kappa shape index (κ3) is 5.65. The maximum atomic E-state index is 6.33. The van der Waals surface area contributed by atoms with Gasteiger partial charge in [0, 0.05) is 17.0 Å². The summed E-state index contributed by atoms with van der Waals surface area (Å²) < 4.78 is 6.04. The van der Waals surface area contributed by atoms with Gasteiger partial charge in [-0.05, 0) is 65.8 Å². The van der Waals surface area contributed by atoms with Crippen LogP contribution < -0.4 is 4.74 Å².